The molecule has 1 unspecified atom stereocenters. The highest BCUT2D eigenvalue weighted by Crippen LogP contribution is 2.22. The van der Waals surface area contributed by atoms with Gasteiger partial charge >= 0.3 is 0 Å². The lowest BCUT2D eigenvalue weighted by Gasteiger charge is -2.22. The molecular weight excluding hydrogens is 290 g/mol. The summed E-state index contributed by atoms with van der Waals surface area (Å²) in [4.78, 5) is 11.8. The smallest absolute Gasteiger partial charge is 0.220 e. The van der Waals surface area contributed by atoms with Crippen molar-refractivity contribution in [1.82, 2.24) is 5.32 Å². The second kappa shape index (κ2) is 5.40. The molecule has 19 heavy (non-hydrogen) atoms. The molecule has 0 aromatic rings. The van der Waals surface area contributed by atoms with E-state index in [4.69, 9.17) is 0 Å². The average Bonchev–Trinajstić information content (AvgIpc) is 2.61. The van der Waals surface area contributed by atoms with Crippen molar-refractivity contribution in [1.29, 1.82) is 0 Å². The Morgan fingerprint density at radius 2 is 1.53 bits per heavy atom. The highest BCUT2D eigenvalue weighted by atomic mass is 32.2. The summed E-state index contributed by atoms with van der Waals surface area (Å²) >= 11 is 0. The molecule has 2 heterocycles. The van der Waals surface area contributed by atoms with Crippen molar-refractivity contribution >= 4 is 25.6 Å². The number of nitrogens with one attached hydrogen (secondary N) is 1. The lowest BCUT2D eigenvalue weighted by Crippen LogP contribution is -2.37. The van der Waals surface area contributed by atoms with E-state index in [1.165, 1.54) is 0 Å². The second-order valence-corrected chi connectivity index (χ2v) is 10.00. The monoisotopic (exact) mass is 309 g/mol. The molecule has 8 heteroatoms. The van der Waals surface area contributed by atoms with Crippen molar-refractivity contribution in [2.75, 3.05) is 23.0 Å². The van der Waals surface area contributed by atoms with Crippen molar-refractivity contribution in [2.45, 2.75) is 31.7 Å². The summed E-state index contributed by atoms with van der Waals surface area (Å²) in [5, 5.41) is 2.73. The van der Waals surface area contributed by atoms with Gasteiger partial charge in [0.25, 0.3) is 0 Å². The first-order valence-electron chi connectivity index (χ1n) is 6.46. The van der Waals surface area contributed by atoms with E-state index in [0.29, 0.717) is 25.7 Å². The van der Waals surface area contributed by atoms with Gasteiger partial charge in [-0.3, -0.25) is 4.79 Å². The molecule has 2 aliphatic rings. The minimum absolute atomic E-state index is 0.0256. The van der Waals surface area contributed by atoms with Crippen molar-refractivity contribution in [3.63, 3.8) is 0 Å². The highest BCUT2D eigenvalue weighted by Gasteiger charge is 2.30. The normalized spacial score (nSPS) is 30.0. The summed E-state index contributed by atoms with van der Waals surface area (Å²) in [6.45, 7) is 0. The highest BCUT2D eigenvalue weighted by molar-refractivity contribution is 7.91. The van der Waals surface area contributed by atoms with Crippen molar-refractivity contribution in [2.24, 2.45) is 5.92 Å². The van der Waals surface area contributed by atoms with Gasteiger partial charge in [0.05, 0.1) is 23.0 Å². The van der Waals surface area contributed by atoms with Crippen LogP contribution in [-0.2, 0) is 24.5 Å². The third-order valence-electron chi connectivity index (χ3n) is 3.75. The van der Waals surface area contributed by atoms with Crippen LogP contribution in [-0.4, -0.2) is 51.8 Å². The number of carbonyl (C=O) groups is 1. The van der Waals surface area contributed by atoms with Gasteiger partial charge in [0.2, 0.25) is 5.91 Å². The predicted octanol–water partition coefficient (Wildman–Crippen LogP) is -0.495. The van der Waals surface area contributed by atoms with Gasteiger partial charge in [-0.25, -0.2) is 16.8 Å². The maximum Gasteiger partial charge on any atom is 0.220 e. The van der Waals surface area contributed by atoms with Gasteiger partial charge in [0, 0.05) is 12.5 Å². The molecule has 2 rings (SSSR count). The Hall–Kier alpha value is -0.630. The van der Waals surface area contributed by atoms with Crippen LogP contribution in [0.2, 0.25) is 0 Å². The standard InChI is InChI=1S/C11H19NO5S2/c13-11(12-10-3-6-19(16,17)8-10)7-9-1-4-18(14,15)5-2-9/h9-10H,1-8H2,(H,12,13). The predicted molar refractivity (Wildman–Crippen MR) is 71.2 cm³/mol. The second-order valence-electron chi connectivity index (χ2n) is 5.47. The summed E-state index contributed by atoms with van der Waals surface area (Å²) in [5.74, 6) is 0.413. The van der Waals surface area contributed by atoms with Crippen LogP contribution in [0.5, 0.6) is 0 Å². The lowest BCUT2D eigenvalue weighted by atomic mass is 9.98. The van der Waals surface area contributed by atoms with Crippen LogP contribution >= 0.6 is 0 Å². The van der Waals surface area contributed by atoms with E-state index < -0.39 is 19.7 Å². The van der Waals surface area contributed by atoms with Gasteiger partial charge in [-0.1, -0.05) is 0 Å². The van der Waals surface area contributed by atoms with E-state index >= 15 is 0 Å². The van der Waals surface area contributed by atoms with E-state index in [1.807, 2.05) is 0 Å². The number of amides is 1. The molecule has 0 bridgehead atoms. The zero-order chi connectivity index (χ0) is 14.1. The molecule has 0 aromatic carbocycles. The Labute approximate surface area is 113 Å². The van der Waals surface area contributed by atoms with Gasteiger partial charge in [-0.15, -0.1) is 0 Å². The maximum absolute atomic E-state index is 11.8. The van der Waals surface area contributed by atoms with Crippen LogP contribution in [0.4, 0.5) is 0 Å². The Bertz CT molecular complexity index is 538. The Morgan fingerprint density at radius 3 is 2.05 bits per heavy atom. The van der Waals surface area contributed by atoms with Gasteiger partial charge in [-0.2, -0.15) is 0 Å². The average molecular weight is 309 g/mol. The van der Waals surface area contributed by atoms with Gasteiger partial charge in [0.15, 0.2) is 9.84 Å². The van der Waals surface area contributed by atoms with Gasteiger partial charge in [-0.05, 0) is 25.2 Å². The van der Waals surface area contributed by atoms with Gasteiger partial charge in [0.1, 0.15) is 9.84 Å². The van der Waals surface area contributed by atoms with E-state index in [0.717, 1.165) is 0 Å². The van der Waals surface area contributed by atoms with Crippen LogP contribution in [0.1, 0.15) is 25.7 Å². The quantitative estimate of drug-likeness (QED) is 0.758. The van der Waals surface area contributed by atoms with Crippen LogP contribution in [0.25, 0.3) is 0 Å². The third-order valence-corrected chi connectivity index (χ3v) is 7.23. The molecule has 2 saturated heterocycles. The van der Waals surface area contributed by atoms with Crippen LogP contribution < -0.4 is 5.32 Å². The van der Waals surface area contributed by atoms with Crippen LogP contribution in [0.3, 0.4) is 0 Å². The summed E-state index contributed by atoms with van der Waals surface area (Å²) < 4.78 is 45.1. The fraction of sp³-hybridized carbons (Fsp3) is 0.909. The molecular formula is C11H19NO5S2. The molecule has 0 saturated carbocycles. The molecule has 1 amide bonds. The summed E-state index contributed by atoms with van der Waals surface area (Å²) in [7, 11) is -5.88. The number of sulfone groups is 2. The largest absolute Gasteiger partial charge is 0.352 e. The Morgan fingerprint density at radius 1 is 0.947 bits per heavy atom. The minimum atomic E-state index is -2.98. The molecule has 0 aromatic heterocycles. The maximum atomic E-state index is 11.8. The topological polar surface area (TPSA) is 97.4 Å². The molecule has 110 valence electrons. The molecule has 1 N–H and O–H groups in total. The lowest BCUT2D eigenvalue weighted by molar-refractivity contribution is -0.122. The Balaban J connectivity index is 1.77. The summed E-state index contributed by atoms with van der Waals surface area (Å²) in [6.07, 6.45) is 1.83. The van der Waals surface area contributed by atoms with Crippen LogP contribution in [0.15, 0.2) is 0 Å². The molecule has 0 spiro atoms. The first kappa shape index (κ1) is 14.8. The van der Waals surface area contributed by atoms with Crippen molar-refractivity contribution in [3.8, 4) is 0 Å². The van der Waals surface area contributed by atoms with E-state index in [2.05, 4.69) is 5.32 Å². The summed E-state index contributed by atoms with van der Waals surface area (Å²) in [5.41, 5.74) is 0. The number of hydrogen-bond acceptors (Lipinski definition) is 5. The molecule has 0 aliphatic carbocycles. The zero-order valence-electron chi connectivity index (χ0n) is 10.7. The molecule has 2 fully saturated rings. The number of hydrogen-bond donors (Lipinski definition) is 1. The van der Waals surface area contributed by atoms with E-state index in [9.17, 15) is 21.6 Å². The van der Waals surface area contributed by atoms with E-state index in [1.54, 1.807) is 0 Å². The van der Waals surface area contributed by atoms with E-state index in [-0.39, 0.29) is 40.9 Å². The first-order valence-corrected chi connectivity index (χ1v) is 10.1. The Kier molecular flexibility index (Phi) is 4.20. The van der Waals surface area contributed by atoms with Crippen LogP contribution in [0, 0.1) is 5.92 Å². The molecule has 6 nitrogen and oxygen atoms in total. The minimum Gasteiger partial charge on any atom is -0.352 e. The molecule has 1 atom stereocenters. The summed E-state index contributed by atoms with van der Waals surface area (Å²) in [6, 6.07) is -0.273. The number of rotatable bonds is 3. The van der Waals surface area contributed by atoms with Gasteiger partial charge < -0.3 is 5.32 Å². The van der Waals surface area contributed by atoms with Crippen molar-refractivity contribution < 1.29 is 21.6 Å². The SMILES string of the molecule is O=C(CC1CCS(=O)(=O)CC1)NC1CCS(=O)(=O)C1. The fourth-order valence-electron chi connectivity index (χ4n) is 2.60. The first-order chi connectivity index (χ1) is 8.76. The fourth-order valence-corrected chi connectivity index (χ4v) is 5.86. The third kappa shape index (κ3) is 4.45. The van der Waals surface area contributed by atoms with Crippen molar-refractivity contribution in [3.05, 3.63) is 0 Å². The molecule has 0 radical (unpaired) electrons. The zero-order valence-corrected chi connectivity index (χ0v) is 12.3. The molecule has 2 aliphatic heterocycles. The number of carbonyl (C=O) groups excluding carboxylic acids is 1.